The zero-order chi connectivity index (χ0) is 13.1. The van der Waals surface area contributed by atoms with Gasteiger partial charge in [-0.25, -0.2) is 4.79 Å². The first-order chi connectivity index (χ1) is 8.65. The molecule has 4 amide bonds. The van der Waals surface area contributed by atoms with Crippen molar-refractivity contribution in [3.63, 3.8) is 0 Å². The minimum Gasteiger partial charge on any atom is -0.263 e. The fourth-order valence-electron chi connectivity index (χ4n) is 2.63. The van der Waals surface area contributed by atoms with Crippen molar-refractivity contribution in [3.05, 3.63) is 12.7 Å². The average Bonchev–Trinajstić information content (AvgIpc) is 2.58. The first kappa shape index (κ1) is 12.8. The van der Waals surface area contributed by atoms with Gasteiger partial charge in [0.25, 0.3) is 0 Å². The highest BCUT2D eigenvalue weighted by atomic mass is 16.2. The molecule has 0 aromatic heterocycles. The molecule has 18 heavy (non-hydrogen) atoms. The Morgan fingerprint density at radius 3 is 2.28 bits per heavy atom. The van der Waals surface area contributed by atoms with E-state index in [0.29, 0.717) is 12.5 Å². The fourth-order valence-corrected chi connectivity index (χ4v) is 2.63. The van der Waals surface area contributed by atoms with Crippen LogP contribution in [0.1, 0.15) is 32.1 Å². The highest BCUT2D eigenvalue weighted by Gasteiger charge is 2.44. The Hall–Kier alpha value is -1.65. The zero-order valence-electron chi connectivity index (χ0n) is 10.4. The van der Waals surface area contributed by atoms with Gasteiger partial charge in [0.15, 0.2) is 0 Å². The lowest BCUT2D eigenvalue weighted by Crippen LogP contribution is -2.37. The third-order valence-corrected chi connectivity index (χ3v) is 3.61. The molecule has 0 spiro atoms. The van der Waals surface area contributed by atoms with Crippen molar-refractivity contribution >= 4 is 17.8 Å². The highest BCUT2D eigenvalue weighted by molar-refractivity contribution is 6.44. The molecule has 0 radical (unpaired) electrons. The molecule has 98 valence electrons. The molecule has 5 heteroatoms. The van der Waals surface area contributed by atoms with Crippen molar-refractivity contribution < 1.29 is 14.4 Å². The van der Waals surface area contributed by atoms with E-state index in [4.69, 9.17) is 0 Å². The topological polar surface area (TPSA) is 57.7 Å². The Balaban J connectivity index is 2.03. The van der Waals surface area contributed by atoms with Crippen molar-refractivity contribution in [2.45, 2.75) is 32.1 Å². The Morgan fingerprint density at radius 1 is 1.06 bits per heavy atom. The van der Waals surface area contributed by atoms with Gasteiger partial charge < -0.3 is 0 Å². The quantitative estimate of drug-likeness (QED) is 0.432. The Labute approximate surface area is 106 Å². The largest absolute Gasteiger partial charge is 0.334 e. The molecule has 1 aliphatic carbocycles. The van der Waals surface area contributed by atoms with Gasteiger partial charge in [-0.2, -0.15) is 0 Å². The predicted molar refractivity (Wildman–Crippen MR) is 65.6 cm³/mol. The summed E-state index contributed by atoms with van der Waals surface area (Å²) in [6.45, 7) is 3.97. The normalized spacial score (nSPS) is 21.9. The monoisotopic (exact) mass is 250 g/mol. The second-order valence-corrected chi connectivity index (χ2v) is 4.91. The maximum absolute atomic E-state index is 12.0. The van der Waals surface area contributed by atoms with Crippen molar-refractivity contribution in [1.82, 2.24) is 9.80 Å². The molecule has 0 N–H and O–H groups in total. The summed E-state index contributed by atoms with van der Waals surface area (Å²) in [5.41, 5.74) is 0. The zero-order valence-corrected chi connectivity index (χ0v) is 10.4. The van der Waals surface area contributed by atoms with Gasteiger partial charge in [-0.05, 0) is 18.8 Å². The summed E-state index contributed by atoms with van der Waals surface area (Å²) in [6.07, 6.45) is 7.03. The van der Waals surface area contributed by atoms with Gasteiger partial charge in [0, 0.05) is 13.1 Å². The van der Waals surface area contributed by atoms with Gasteiger partial charge in [0.1, 0.15) is 0 Å². The van der Waals surface area contributed by atoms with E-state index < -0.39 is 17.8 Å². The average molecular weight is 250 g/mol. The minimum atomic E-state index is -0.726. The van der Waals surface area contributed by atoms with E-state index >= 15 is 0 Å². The molecule has 1 aliphatic heterocycles. The molecule has 0 atom stereocenters. The second kappa shape index (κ2) is 5.33. The maximum Gasteiger partial charge on any atom is 0.334 e. The number of carbonyl (C=O) groups is 3. The molecule has 0 aromatic rings. The Morgan fingerprint density at radius 2 is 1.67 bits per heavy atom. The number of imide groups is 2. The molecular weight excluding hydrogens is 232 g/mol. The maximum atomic E-state index is 12.0. The van der Waals surface area contributed by atoms with Crippen LogP contribution in [0.4, 0.5) is 4.79 Å². The standard InChI is InChI=1S/C13H18N2O3/c1-2-8-14-11(16)12(17)15(13(14)18)9-10-6-4-3-5-7-10/h2,10H,1,3-9H2. The molecule has 1 heterocycles. The number of nitrogens with zero attached hydrogens (tertiary/aromatic N) is 2. The molecular formula is C13H18N2O3. The minimum absolute atomic E-state index is 0.102. The van der Waals surface area contributed by atoms with Crippen LogP contribution in [-0.4, -0.2) is 40.7 Å². The van der Waals surface area contributed by atoms with Gasteiger partial charge >= 0.3 is 17.8 Å². The molecule has 2 rings (SSSR count). The summed E-state index contributed by atoms with van der Waals surface area (Å²) in [4.78, 5) is 37.4. The summed E-state index contributed by atoms with van der Waals surface area (Å²) in [5, 5.41) is 0. The second-order valence-electron chi connectivity index (χ2n) is 4.91. The first-order valence-corrected chi connectivity index (χ1v) is 6.43. The summed E-state index contributed by atoms with van der Waals surface area (Å²) >= 11 is 0. The number of rotatable bonds is 4. The molecule has 0 aromatic carbocycles. The van der Waals surface area contributed by atoms with E-state index in [2.05, 4.69) is 6.58 Å². The lowest BCUT2D eigenvalue weighted by Gasteiger charge is -2.25. The molecule has 2 fully saturated rings. The van der Waals surface area contributed by atoms with Crippen molar-refractivity contribution in [1.29, 1.82) is 0 Å². The van der Waals surface area contributed by atoms with Gasteiger partial charge in [-0.1, -0.05) is 25.3 Å². The third kappa shape index (κ3) is 2.30. The van der Waals surface area contributed by atoms with Crippen LogP contribution < -0.4 is 0 Å². The fraction of sp³-hybridized carbons (Fsp3) is 0.615. The van der Waals surface area contributed by atoms with E-state index in [-0.39, 0.29) is 6.54 Å². The lowest BCUT2D eigenvalue weighted by molar-refractivity contribution is -0.143. The van der Waals surface area contributed by atoms with E-state index in [1.807, 2.05) is 0 Å². The first-order valence-electron chi connectivity index (χ1n) is 6.43. The van der Waals surface area contributed by atoms with Gasteiger partial charge in [-0.15, -0.1) is 6.58 Å². The van der Waals surface area contributed by atoms with Gasteiger partial charge in [-0.3, -0.25) is 19.4 Å². The van der Waals surface area contributed by atoms with Crippen LogP contribution in [0.15, 0.2) is 12.7 Å². The molecule has 5 nitrogen and oxygen atoms in total. The highest BCUT2D eigenvalue weighted by Crippen LogP contribution is 2.26. The molecule has 0 bridgehead atoms. The summed E-state index contributed by atoms with van der Waals surface area (Å²) in [5.74, 6) is -1.06. The van der Waals surface area contributed by atoms with E-state index in [0.717, 1.165) is 35.5 Å². The number of hydrogen-bond acceptors (Lipinski definition) is 3. The molecule has 2 aliphatic rings. The van der Waals surface area contributed by atoms with Crippen molar-refractivity contribution in [2.75, 3.05) is 13.1 Å². The Kier molecular flexibility index (Phi) is 3.79. The van der Waals surface area contributed by atoms with Crippen molar-refractivity contribution in [2.24, 2.45) is 5.92 Å². The number of urea groups is 1. The summed E-state index contributed by atoms with van der Waals surface area (Å²) in [6, 6.07) is -0.490. The van der Waals surface area contributed by atoms with Crippen LogP contribution in [0.2, 0.25) is 0 Å². The molecule has 1 saturated carbocycles. The number of amides is 4. The van der Waals surface area contributed by atoms with Crippen LogP contribution in [-0.2, 0) is 9.59 Å². The van der Waals surface area contributed by atoms with Crippen LogP contribution in [0.25, 0.3) is 0 Å². The third-order valence-electron chi connectivity index (χ3n) is 3.61. The Bertz CT molecular complexity index is 386. The smallest absolute Gasteiger partial charge is 0.263 e. The van der Waals surface area contributed by atoms with Crippen molar-refractivity contribution in [3.8, 4) is 0 Å². The van der Waals surface area contributed by atoms with E-state index in [9.17, 15) is 14.4 Å². The van der Waals surface area contributed by atoms with Crippen LogP contribution >= 0.6 is 0 Å². The van der Waals surface area contributed by atoms with Crippen LogP contribution in [0.5, 0.6) is 0 Å². The molecule has 0 unspecified atom stereocenters. The number of hydrogen-bond donors (Lipinski definition) is 0. The SMILES string of the molecule is C=CCN1C(=O)C(=O)N(CC2CCCCC2)C1=O. The molecule has 1 saturated heterocycles. The van der Waals surface area contributed by atoms with E-state index in [1.165, 1.54) is 12.5 Å². The summed E-state index contributed by atoms with van der Waals surface area (Å²) in [7, 11) is 0. The van der Waals surface area contributed by atoms with Crippen LogP contribution in [0, 0.1) is 5.92 Å². The van der Waals surface area contributed by atoms with Gasteiger partial charge in [0.2, 0.25) is 0 Å². The van der Waals surface area contributed by atoms with E-state index in [1.54, 1.807) is 0 Å². The van der Waals surface area contributed by atoms with Crippen LogP contribution in [0.3, 0.4) is 0 Å². The predicted octanol–water partition coefficient (Wildman–Crippen LogP) is 1.54. The van der Waals surface area contributed by atoms with Gasteiger partial charge in [0.05, 0.1) is 0 Å². The summed E-state index contributed by atoms with van der Waals surface area (Å²) < 4.78 is 0. The number of carbonyl (C=O) groups excluding carboxylic acids is 3. The lowest BCUT2D eigenvalue weighted by atomic mass is 9.89.